The van der Waals surface area contributed by atoms with Crippen molar-refractivity contribution in [1.29, 1.82) is 0 Å². The molecule has 29 heavy (non-hydrogen) atoms. The highest BCUT2D eigenvalue weighted by Gasteiger charge is 2.27. The van der Waals surface area contributed by atoms with E-state index in [4.69, 9.17) is 16.3 Å². The molecule has 0 aliphatic rings. The van der Waals surface area contributed by atoms with Gasteiger partial charge in [0.15, 0.2) is 6.10 Å². The first-order chi connectivity index (χ1) is 13.9. The Morgan fingerprint density at radius 2 is 1.72 bits per heavy atom. The van der Waals surface area contributed by atoms with Gasteiger partial charge in [0.05, 0.1) is 10.6 Å². The van der Waals surface area contributed by atoms with E-state index in [-0.39, 0.29) is 10.6 Å². The SMILES string of the molecule is CSCCC(NC(=O)c1ccccc1Cl)C(=O)OC(C)C(=O)Nc1ccccc1. The quantitative estimate of drug-likeness (QED) is 0.587. The maximum absolute atomic E-state index is 12.6. The van der Waals surface area contributed by atoms with Gasteiger partial charge >= 0.3 is 5.97 Å². The number of anilines is 1. The summed E-state index contributed by atoms with van der Waals surface area (Å²) >= 11 is 7.59. The number of rotatable bonds is 9. The third kappa shape index (κ3) is 7.11. The zero-order valence-electron chi connectivity index (χ0n) is 16.2. The lowest BCUT2D eigenvalue weighted by Gasteiger charge is -2.20. The van der Waals surface area contributed by atoms with Crippen molar-refractivity contribution >= 4 is 46.8 Å². The smallest absolute Gasteiger partial charge is 0.329 e. The van der Waals surface area contributed by atoms with E-state index in [1.165, 1.54) is 18.7 Å². The number of thioether (sulfide) groups is 1. The average molecular weight is 435 g/mol. The van der Waals surface area contributed by atoms with Gasteiger partial charge in [0.1, 0.15) is 6.04 Å². The van der Waals surface area contributed by atoms with Gasteiger partial charge in [0, 0.05) is 5.69 Å². The molecule has 154 valence electrons. The predicted octanol–water partition coefficient (Wildman–Crippen LogP) is 3.76. The molecule has 0 aliphatic carbocycles. The highest BCUT2D eigenvalue weighted by Crippen LogP contribution is 2.16. The summed E-state index contributed by atoms with van der Waals surface area (Å²) in [6, 6.07) is 14.6. The summed E-state index contributed by atoms with van der Waals surface area (Å²) in [4.78, 5) is 37.4. The molecule has 0 heterocycles. The number of esters is 1. The van der Waals surface area contributed by atoms with Crippen LogP contribution in [-0.4, -0.2) is 41.9 Å². The number of halogens is 1. The fourth-order valence-corrected chi connectivity index (χ4v) is 3.13. The summed E-state index contributed by atoms with van der Waals surface area (Å²) in [5.41, 5.74) is 0.873. The van der Waals surface area contributed by atoms with E-state index in [1.807, 2.05) is 12.3 Å². The predicted molar refractivity (Wildman–Crippen MR) is 116 cm³/mol. The van der Waals surface area contributed by atoms with E-state index in [0.717, 1.165) is 0 Å². The summed E-state index contributed by atoms with van der Waals surface area (Å²) < 4.78 is 5.30. The zero-order chi connectivity index (χ0) is 21.2. The molecule has 0 radical (unpaired) electrons. The minimum atomic E-state index is -1.02. The van der Waals surface area contributed by atoms with Crippen molar-refractivity contribution in [3.05, 3.63) is 65.2 Å². The van der Waals surface area contributed by atoms with Gasteiger partial charge in [0.2, 0.25) is 0 Å². The van der Waals surface area contributed by atoms with Crippen LogP contribution < -0.4 is 10.6 Å². The minimum absolute atomic E-state index is 0.269. The first kappa shape index (κ1) is 22.8. The van der Waals surface area contributed by atoms with E-state index in [1.54, 1.807) is 48.5 Å². The molecule has 0 aliphatic heterocycles. The van der Waals surface area contributed by atoms with Crippen LogP contribution in [0.1, 0.15) is 23.7 Å². The highest BCUT2D eigenvalue weighted by molar-refractivity contribution is 7.98. The van der Waals surface area contributed by atoms with Crippen molar-refractivity contribution in [1.82, 2.24) is 5.32 Å². The topological polar surface area (TPSA) is 84.5 Å². The molecule has 8 heteroatoms. The zero-order valence-corrected chi connectivity index (χ0v) is 17.8. The fourth-order valence-electron chi connectivity index (χ4n) is 2.44. The molecule has 2 amide bonds. The van der Waals surface area contributed by atoms with Crippen molar-refractivity contribution in [2.24, 2.45) is 0 Å². The second-order valence-electron chi connectivity index (χ2n) is 6.22. The summed E-state index contributed by atoms with van der Waals surface area (Å²) in [5.74, 6) is -0.964. The molecule has 0 spiro atoms. The number of para-hydroxylation sites is 1. The Morgan fingerprint density at radius 1 is 1.07 bits per heavy atom. The van der Waals surface area contributed by atoms with Crippen molar-refractivity contribution < 1.29 is 19.1 Å². The number of amides is 2. The van der Waals surface area contributed by atoms with Gasteiger partial charge in [-0.2, -0.15) is 11.8 Å². The molecule has 2 aromatic rings. The Kier molecular flexibility index (Phi) is 9.02. The van der Waals surface area contributed by atoms with E-state index in [2.05, 4.69) is 10.6 Å². The van der Waals surface area contributed by atoms with Crippen LogP contribution in [-0.2, 0) is 14.3 Å². The van der Waals surface area contributed by atoms with E-state index in [9.17, 15) is 14.4 Å². The molecular weight excluding hydrogens is 412 g/mol. The number of nitrogens with one attached hydrogen (secondary N) is 2. The first-order valence-corrected chi connectivity index (χ1v) is 10.8. The van der Waals surface area contributed by atoms with Crippen LogP contribution in [0, 0.1) is 0 Å². The first-order valence-electron chi connectivity index (χ1n) is 9.03. The molecule has 0 fully saturated rings. The lowest BCUT2D eigenvalue weighted by molar-refractivity contribution is -0.155. The largest absolute Gasteiger partial charge is 0.451 e. The number of benzene rings is 2. The van der Waals surface area contributed by atoms with Crippen molar-refractivity contribution in [2.45, 2.75) is 25.5 Å². The van der Waals surface area contributed by atoms with Crippen molar-refractivity contribution in [2.75, 3.05) is 17.3 Å². The fraction of sp³-hybridized carbons (Fsp3) is 0.286. The maximum Gasteiger partial charge on any atom is 0.329 e. The summed E-state index contributed by atoms with van der Waals surface area (Å²) in [6.45, 7) is 1.48. The number of hydrogen-bond acceptors (Lipinski definition) is 5. The third-order valence-electron chi connectivity index (χ3n) is 4.02. The molecule has 0 saturated heterocycles. The molecule has 2 rings (SSSR count). The molecule has 0 saturated carbocycles. The Balaban J connectivity index is 2.01. The molecule has 0 aromatic heterocycles. The lowest BCUT2D eigenvalue weighted by atomic mass is 10.1. The molecule has 2 N–H and O–H groups in total. The molecular formula is C21H23ClN2O4S. The van der Waals surface area contributed by atoms with Crippen LogP contribution in [0.3, 0.4) is 0 Å². The highest BCUT2D eigenvalue weighted by atomic mass is 35.5. The van der Waals surface area contributed by atoms with Gasteiger partial charge in [-0.25, -0.2) is 4.79 Å². The van der Waals surface area contributed by atoms with Crippen LogP contribution in [0.25, 0.3) is 0 Å². The van der Waals surface area contributed by atoms with E-state index >= 15 is 0 Å². The molecule has 2 aromatic carbocycles. The van der Waals surface area contributed by atoms with Gasteiger partial charge in [-0.15, -0.1) is 0 Å². The van der Waals surface area contributed by atoms with Crippen LogP contribution in [0.15, 0.2) is 54.6 Å². The van der Waals surface area contributed by atoms with Crippen molar-refractivity contribution in [3.63, 3.8) is 0 Å². The average Bonchev–Trinajstić information content (AvgIpc) is 2.71. The second-order valence-corrected chi connectivity index (χ2v) is 7.61. The number of hydrogen-bond donors (Lipinski definition) is 2. The third-order valence-corrected chi connectivity index (χ3v) is 5.00. The summed E-state index contributed by atoms with van der Waals surface area (Å²) in [6.07, 6.45) is 1.24. The Hall–Kier alpha value is -2.51. The second kappa shape index (κ2) is 11.5. The standard InChI is InChI=1S/C21H23ClN2O4S/c1-14(19(25)23-15-8-4-3-5-9-15)28-21(27)18(12-13-29-2)24-20(26)16-10-6-7-11-17(16)22/h3-11,14,18H,12-13H2,1-2H3,(H,23,25)(H,24,26). The van der Waals surface area contributed by atoms with E-state index < -0.39 is 29.9 Å². The number of carbonyl (C=O) groups excluding carboxylic acids is 3. The van der Waals surface area contributed by atoms with E-state index in [0.29, 0.717) is 17.9 Å². The summed E-state index contributed by atoms with van der Waals surface area (Å²) in [7, 11) is 0. The monoisotopic (exact) mass is 434 g/mol. The van der Waals surface area contributed by atoms with Crippen LogP contribution in [0.4, 0.5) is 5.69 Å². The van der Waals surface area contributed by atoms with Gasteiger partial charge in [-0.3, -0.25) is 9.59 Å². The van der Waals surface area contributed by atoms with Gasteiger partial charge in [-0.05, 0) is 49.6 Å². The maximum atomic E-state index is 12.6. The van der Waals surface area contributed by atoms with Gasteiger partial charge < -0.3 is 15.4 Å². The normalized spacial score (nSPS) is 12.5. The number of ether oxygens (including phenoxy) is 1. The van der Waals surface area contributed by atoms with Crippen LogP contribution in [0.2, 0.25) is 5.02 Å². The van der Waals surface area contributed by atoms with Crippen LogP contribution in [0.5, 0.6) is 0 Å². The van der Waals surface area contributed by atoms with Crippen molar-refractivity contribution in [3.8, 4) is 0 Å². The molecule has 0 bridgehead atoms. The number of carbonyl (C=O) groups is 3. The van der Waals surface area contributed by atoms with Crippen LogP contribution >= 0.6 is 23.4 Å². The molecule has 2 unspecified atom stereocenters. The Labute approximate surface area is 179 Å². The minimum Gasteiger partial charge on any atom is -0.451 e. The van der Waals surface area contributed by atoms with Gasteiger partial charge in [0.25, 0.3) is 11.8 Å². The Morgan fingerprint density at radius 3 is 2.38 bits per heavy atom. The summed E-state index contributed by atoms with van der Waals surface area (Å²) in [5, 5.41) is 5.63. The Bertz CT molecular complexity index is 848. The lowest BCUT2D eigenvalue weighted by Crippen LogP contribution is -2.44. The molecule has 6 nitrogen and oxygen atoms in total. The van der Waals surface area contributed by atoms with Gasteiger partial charge in [-0.1, -0.05) is 41.9 Å². The molecule has 2 atom stereocenters.